The lowest BCUT2D eigenvalue weighted by Crippen LogP contribution is -1.82. The largest absolute Gasteiger partial charge is 0.0885 e. The fourth-order valence-corrected chi connectivity index (χ4v) is 3.03. The Bertz CT molecular complexity index is 204. The molecule has 0 unspecified atom stereocenters. The van der Waals surface area contributed by atoms with Gasteiger partial charge in [0.15, 0.2) is 0 Å². The monoisotopic (exact) mass is 308 g/mol. The van der Waals surface area contributed by atoms with E-state index in [4.69, 9.17) is 0 Å². The second-order valence-corrected chi connectivity index (χ2v) is 7.00. The Kier molecular flexibility index (Phi) is 20.5. The Morgan fingerprint density at radius 1 is 0.364 bits per heavy atom. The summed E-state index contributed by atoms with van der Waals surface area (Å²) in [7, 11) is 0. The van der Waals surface area contributed by atoms with Crippen molar-refractivity contribution in [1.82, 2.24) is 0 Å². The van der Waals surface area contributed by atoms with Crippen molar-refractivity contribution < 1.29 is 0 Å². The van der Waals surface area contributed by atoms with Gasteiger partial charge in [0.05, 0.1) is 0 Å². The molecule has 0 heterocycles. The van der Waals surface area contributed by atoms with Crippen LogP contribution in [-0.2, 0) is 0 Å². The molecule has 132 valence electrons. The first kappa shape index (κ1) is 21.7. The molecule has 0 amide bonds. The first-order chi connectivity index (χ1) is 10.9. The minimum atomic E-state index is 1.30. The molecule has 0 aromatic rings. The zero-order chi connectivity index (χ0) is 16.1. The molecule has 0 aliphatic carbocycles. The zero-order valence-electron chi connectivity index (χ0n) is 15.9. The van der Waals surface area contributed by atoms with Crippen LogP contribution in [0.1, 0.15) is 129 Å². The van der Waals surface area contributed by atoms with Gasteiger partial charge < -0.3 is 0 Å². The number of rotatable bonds is 18. The van der Waals surface area contributed by atoms with E-state index in [1.807, 2.05) is 0 Å². The summed E-state index contributed by atoms with van der Waals surface area (Å²) < 4.78 is 0. The van der Waals surface area contributed by atoms with E-state index in [1.54, 1.807) is 0 Å². The van der Waals surface area contributed by atoms with Crippen LogP contribution in [0.25, 0.3) is 0 Å². The highest BCUT2D eigenvalue weighted by Crippen LogP contribution is 2.13. The van der Waals surface area contributed by atoms with E-state index < -0.39 is 0 Å². The first-order valence-corrected chi connectivity index (χ1v) is 10.6. The molecular weight excluding hydrogens is 264 g/mol. The second-order valence-electron chi connectivity index (χ2n) is 7.00. The minimum Gasteiger partial charge on any atom is -0.0885 e. The van der Waals surface area contributed by atoms with Crippen LogP contribution in [-0.4, -0.2) is 0 Å². The summed E-state index contributed by atoms with van der Waals surface area (Å²) in [6, 6.07) is 0. The third-order valence-corrected chi connectivity index (χ3v) is 4.62. The first-order valence-electron chi connectivity index (χ1n) is 10.6. The predicted octanol–water partition coefficient (Wildman–Crippen LogP) is 8.60. The summed E-state index contributed by atoms with van der Waals surface area (Å²) in [5, 5.41) is 0. The lowest BCUT2D eigenvalue weighted by atomic mass is 10.0. The van der Waals surface area contributed by atoms with Crippen molar-refractivity contribution in [3.05, 3.63) is 12.2 Å². The molecule has 0 heteroatoms. The van der Waals surface area contributed by atoms with Crippen LogP contribution in [0.2, 0.25) is 0 Å². The molecule has 0 radical (unpaired) electrons. The molecule has 0 aliphatic rings. The number of hydrogen-bond acceptors (Lipinski definition) is 0. The maximum atomic E-state index is 2.41. The van der Waals surface area contributed by atoms with E-state index in [9.17, 15) is 0 Å². The lowest BCUT2D eigenvalue weighted by molar-refractivity contribution is 0.540. The highest BCUT2D eigenvalue weighted by atomic mass is 14.0. The van der Waals surface area contributed by atoms with Crippen molar-refractivity contribution in [2.24, 2.45) is 0 Å². The van der Waals surface area contributed by atoms with Crippen molar-refractivity contribution in [1.29, 1.82) is 0 Å². The third-order valence-electron chi connectivity index (χ3n) is 4.62. The van der Waals surface area contributed by atoms with Crippen LogP contribution >= 0.6 is 0 Å². The summed E-state index contributed by atoms with van der Waals surface area (Å²) in [5.41, 5.74) is 0. The van der Waals surface area contributed by atoms with Crippen LogP contribution in [0.3, 0.4) is 0 Å². The van der Waals surface area contributed by atoms with Crippen LogP contribution < -0.4 is 0 Å². The van der Waals surface area contributed by atoms with E-state index in [1.165, 1.54) is 116 Å². The van der Waals surface area contributed by atoms with E-state index in [0.717, 1.165) is 0 Å². The molecule has 22 heavy (non-hydrogen) atoms. The van der Waals surface area contributed by atoms with Crippen LogP contribution in [0.4, 0.5) is 0 Å². The fraction of sp³-hybridized carbons (Fsp3) is 0.909. The molecule has 0 aromatic heterocycles. The molecule has 0 rings (SSSR count). The molecule has 0 bridgehead atoms. The van der Waals surface area contributed by atoms with Crippen LogP contribution in [0.5, 0.6) is 0 Å². The Hall–Kier alpha value is -0.260. The van der Waals surface area contributed by atoms with Gasteiger partial charge in [-0.15, -0.1) is 0 Å². The summed E-state index contributed by atoms with van der Waals surface area (Å²) in [5.74, 6) is 0. The van der Waals surface area contributed by atoms with Crippen LogP contribution in [0, 0.1) is 0 Å². The average molecular weight is 309 g/mol. The summed E-state index contributed by atoms with van der Waals surface area (Å²) in [4.78, 5) is 0. The van der Waals surface area contributed by atoms with Gasteiger partial charge in [0.25, 0.3) is 0 Å². The SMILES string of the molecule is CCCCC/C=C/CCCCCCCCCCCCCCC. The van der Waals surface area contributed by atoms with Gasteiger partial charge in [0.2, 0.25) is 0 Å². The topological polar surface area (TPSA) is 0 Å². The Morgan fingerprint density at radius 2 is 0.636 bits per heavy atom. The number of unbranched alkanes of at least 4 members (excludes halogenated alkanes) is 16. The van der Waals surface area contributed by atoms with Gasteiger partial charge in [-0.3, -0.25) is 0 Å². The molecule has 0 spiro atoms. The number of allylic oxidation sites excluding steroid dienone is 2. The van der Waals surface area contributed by atoms with E-state index in [-0.39, 0.29) is 0 Å². The standard InChI is InChI=1S/C22H44/c1-3-5-7-9-11-13-15-17-19-21-22-20-18-16-14-12-10-8-6-4-2/h11,13H,3-10,12,14-22H2,1-2H3/b13-11+. The van der Waals surface area contributed by atoms with E-state index in [0.29, 0.717) is 0 Å². The highest BCUT2D eigenvalue weighted by molar-refractivity contribution is 4.81. The molecule has 0 atom stereocenters. The van der Waals surface area contributed by atoms with Gasteiger partial charge in [-0.2, -0.15) is 0 Å². The summed E-state index contributed by atoms with van der Waals surface area (Å²) in [6.45, 7) is 4.57. The normalized spacial score (nSPS) is 11.5. The molecule has 0 aromatic carbocycles. The molecule has 0 saturated carbocycles. The highest BCUT2D eigenvalue weighted by Gasteiger charge is 1.93. The smallest absolute Gasteiger partial charge is 0.0351 e. The van der Waals surface area contributed by atoms with Crippen LogP contribution in [0.15, 0.2) is 12.2 Å². The average Bonchev–Trinajstić information content (AvgIpc) is 2.54. The Balaban J connectivity index is 2.99. The molecular formula is C22H44. The predicted molar refractivity (Wildman–Crippen MR) is 104 cm³/mol. The van der Waals surface area contributed by atoms with Gasteiger partial charge in [-0.1, -0.05) is 116 Å². The van der Waals surface area contributed by atoms with Gasteiger partial charge in [-0.05, 0) is 25.7 Å². The summed E-state index contributed by atoms with van der Waals surface area (Å²) >= 11 is 0. The molecule has 0 nitrogen and oxygen atoms in total. The minimum absolute atomic E-state index is 1.30. The molecule has 0 fully saturated rings. The van der Waals surface area contributed by atoms with Crippen molar-refractivity contribution in [3.63, 3.8) is 0 Å². The van der Waals surface area contributed by atoms with Crippen molar-refractivity contribution in [2.75, 3.05) is 0 Å². The fourth-order valence-electron chi connectivity index (χ4n) is 3.03. The maximum Gasteiger partial charge on any atom is -0.0351 e. The lowest BCUT2D eigenvalue weighted by Gasteiger charge is -2.02. The Labute approximate surface area is 142 Å². The van der Waals surface area contributed by atoms with E-state index in [2.05, 4.69) is 26.0 Å². The van der Waals surface area contributed by atoms with Crippen molar-refractivity contribution >= 4 is 0 Å². The maximum absolute atomic E-state index is 2.41. The molecule has 0 N–H and O–H groups in total. The molecule has 0 saturated heterocycles. The summed E-state index contributed by atoms with van der Waals surface area (Å²) in [6.07, 6.45) is 30.4. The Morgan fingerprint density at radius 3 is 1.05 bits per heavy atom. The van der Waals surface area contributed by atoms with Gasteiger partial charge >= 0.3 is 0 Å². The van der Waals surface area contributed by atoms with Gasteiger partial charge in [0, 0.05) is 0 Å². The quantitative estimate of drug-likeness (QED) is 0.176. The van der Waals surface area contributed by atoms with Crippen molar-refractivity contribution in [2.45, 2.75) is 129 Å². The van der Waals surface area contributed by atoms with Crippen molar-refractivity contribution in [3.8, 4) is 0 Å². The van der Waals surface area contributed by atoms with E-state index >= 15 is 0 Å². The third kappa shape index (κ3) is 19.7. The number of hydrogen-bond donors (Lipinski definition) is 0. The van der Waals surface area contributed by atoms with Gasteiger partial charge in [-0.25, -0.2) is 0 Å². The zero-order valence-corrected chi connectivity index (χ0v) is 15.9. The molecule has 0 aliphatic heterocycles. The second kappa shape index (κ2) is 20.7. The van der Waals surface area contributed by atoms with Gasteiger partial charge in [0.1, 0.15) is 0 Å².